The second kappa shape index (κ2) is 4.36. The van der Waals surface area contributed by atoms with E-state index >= 15 is 0 Å². The number of carbonyl (C=O) groups excluding carboxylic acids is 1. The first-order valence-electron chi connectivity index (χ1n) is 3.85. The predicted octanol–water partition coefficient (Wildman–Crippen LogP) is 2.16. The molecular formula is C10H8FNO. The van der Waals surface area contributed by atoms with Crippen LogP contribution in [0.4, 0.5) is 4.39 Å². The molecule has 0 saturated carbocycles. The van der Waals surface area contributed by atoms with Gasteiger partial charge >= 0.3 is 0 Å². The van der Waals surface area contributed by atoms with Crippen molar-refractivity contribution in [1.29, 1.82) is 5.26 Å². The first-order valence-corrected chi connectivity index (χ1v) is 3.85. The summed E-state index contributed by atoms with van der Waals surface area (Å²) in [5.41, 5.74) is 0.924. The monoisotopic (exact) mass is 177 g/mol. The van der Waals surface area contributed by atoms with Crippen LogP contribution in [-0.4, -0.2) is 6.29 Å². The average molecular weight is 177 g/mol. The summed E-state index contributed by atoms with van der Waals surface area (Å²) in [6.45, 7) is 0. The Morgan fingerprint density at radius 3 is 2.54 bits per heavy atom. The zero-order valence-corrected chi connectivity index (χ0v) is 6.90. The number of nitriles is 1. The summed E-state index contributed by atoms with van der Waals surface area (Å²) in [5, 5.41) is 8.47. The van der Waals surface area contributed by atoms with Crippen molar-refractivity contribution in [2.75, 3.05) is 0 Å². The van der Waals surface area contributed by atoms with Crippen molar-refractivity contribution < 1.29 is 9.18 Å². The third-order valence-electron chi connectivity index (χ3n) is 1.70. The molecule has 66 valence electrons. The quantitative estimate of drug-likeness (QED) is 0.664. The van der Waals surface area contributed by atoms with E-state index in [2.05, 4.69) is 0 Å². The van der Waals surface area contributed by atoms with Gasteiger partial charge in [-0.2, -0.15) is 5.26 Å². The minimum atomic E-state index is -1.26. The molecule has 0 heterocycles. The van der Waals surface area contributed by atoms with Crippen LogP contribution < -0.4 is 0 Å². The number of hydrogen-bond donors (Lipinski definition) is 0. The Bertz CT molecular complexity index is 326. The molecule has 0 amide bonds. The van der Waals surface area contributed by atoms with E-state index in [0.29, 0.717) is 17.4 Å². The summed E-state index contributed by atoms with van der Waals surface area (Å²) in [5.74, 6) is 0. The van der Waals surface area contributed by atoms with Gasteiger partial charge in [-0.15, -0.1) is 0 Å². The van der Waals surface area contributed by atoms with E-state index in [0.717, 1.165) is 0 Å². The lowest BCUT2D eigenvalue weighted by Crippen LogP contribution is -1.92. The van der Waals surface area contributed by atoms with E-state index in [1.54, 1.807) is 0 Å². The summed E-state index contributed by atoms with van der Waals surface area (Å²) in [6, 6.07) is 8.04. The van der Waals surface area contributed by atoms with Crippen LogP contribution in [0.3, 0.4) is 0 Å². The normalized spacial score (nSPS) is 11.7. The minimum Gasteiger partial charge on any atom is -0.303 e. The Balaban J connectivity index is 2.80. The van der Waals surface area contributed by atoms with E-state index in [9.17, 15) is 9.18 Å². The molecule has 1 atom stereocenters. The highest BCUT2D eigenvalue weighted by molar-refractivity contribution is 5.51. The first-order chi connectivity index (χ1) is 6.27. The maximum absolute atomic E-state index is 13.1. The SMILES string of the molecule is N#Cc1ccc(C(F)CC=O)cc1. The van der Waals surface area contributed by atoms with E-state index in [4.69, 9.17) is 5.26 Å². The fourth-order valence-electron chi connectivity index (χ4n) is 0.987. The summed E-state index contributed by atoms with van der Waals surface area (Å²) < 4.78 is 13.1. The van der Waals surface area contributed by atoms with E-state index in [1.807, 2.05) is 6.07 Å². The summed E-state index contributed by atoms with van der Waals surface area (Å²) in [6.07, 6.45) is -0.848. The molecule has 0 radical (unpaired) electrons. The highest BCUT2D eigenvalue weighted by Crippen LogP contribution is 2.19. The Morgan fingerprint density at radius 1 is 1.46 bits per heavy atom. The van der Waals surface area contributed by atoms with E-state index in [-0.39, 0.29) is 6.42 Å². The number of carbonyl (C=O) groups is 1. The van der Waals surface area contributed by atoms with E-state index < -0.39 is 6.17 Å². The van der Waals surface area contributed by atoms with Crippen molar-refractivity contribution in [3.05, 3.63) is 35.4 Å². The van der Waals surface area contributed by atoms with Gasteiger partial charge in [-0.05, 0) is 17.7 Å². The van der Waals surface area contributed by atoms with Gasteiger partial charge < -0.3 is 4.79 Å². The maximum Gasteiger partial charge on any atom is 0.132 e. The van der Waals surface area contributed by atoms with Gasteiger partial charge in [-0.1, -0.05) is 12.1 Å². The zero-order valence-electron chi connectivity index (χ0n) is 6.90. The van der Waals surface area contributed by atoms with Crippen LogP contribution in [0.15, 0.2) is 24.3 Å². The largest absolute Gasteiger partial charge is 0.303 e. The maximum atomic E-state index is 13.1. The Morgan fingerprint density at radius 2 is 2.08 bits per heavy atom. The summed E-state index contributed by atoms with van der Waals surface area (Å²) >= 11 is 0. The number of hydrogen-bond acceptors (Lipinski definition) is 2. The summed E-state index contributed by atoms with van der Waals surface area (Å²) in [4.78, 5) is 10.0. The molecule has 1 aromatic rings. The van der Waals surface area contributed by atoms with Crippen molar-refractivity contribution in [3.63, 3.8) is 0 Å². The number of halogens is 1. The van der Waals surface area contributed by atoms with Crippen LogP contribution in [0.25, 0.3) is 0 Å². The molecule has 1 aromatic carbocycles. The van der Waals surface area contributed by atoms with Crippen molar-refractivity contribution in [2.24, 2.45) is 0 Å². The van der Waals surface area contributed by atoms with Crippen LogP contribution in [0.5, 0.6) is 0 Å². The minimum absolute atomic E-state index is 0.133. The molecule has 0 spiro atoms. The van der Waals surface area contributed by atoms with Gasteiger partial charge in [0.15, 0.2) is 0 Å². The highest BCUT2D eigenvalue weighted by atomic mass is 19.1. The van der Waals surface area contributed by atoms with Crippen LogP contribution >= 0.6 is 0 Å². The third-order valence-corrected chi connectivity index (χ3v) is 1.70. The smallest absolute Gasteiger partial charge is 0.132 e. The molecule has 0 aromatic heterocycles. The fourth-order valence-corrected chi connectivity index (χ4v) is 0.987. The van der Waals surface area contributed by atoms with Crippen molar-refractivity contribution >= 4 is 6.29 Å². The molecule has 3 heteroatoms. The Kier molecular flexibility index (Phi) is 3.15. The second-order valence-corrected chi connectivity index (χ2v) is 2.60. The van der Waals surface area contributed by atoms with Gasteiger partial charge in [0.2, 0.25) is 0 Å². The lowest BCUT2D eigenvalue weighted by atomic mass is 10.1. The first kappa shape index (κ1) is 9.40. The van der Waals surface area contributed by atoms with Crippen molar-refractivity contribution in [2.45, 2.75) is 12.6 Å². The average Bonchev–Trinajstić information content (AvgIpc) is 2.18. The van der Waals surface area contributed by atoms with Crippen LogP contribution in [0, 0.1) is 11.3 Å². The third kappa shape index (κ3) is 2.38. The summed E-state index contributed by atoms with van der Waals surface area (Å²) in [7, 11) is 0. The zero-order chi connectivity index (χ0) is 9.68. The van der Waals surface area contributed by atoms with Gasteiger partial charge in [0.25, 0.3) is 0 Å². The molecule has 1 unspecified atom stereocenters. The van der Waals surface area contributed by atoms with Gasteiger partial charge in [-0.3, -0.25) is 0 Å². The predicted molar refractivity (Wildman–Crippen MR) is 45.7 cm³/mol. The molecule has 2 nitrogen and oxygen atoms in total. The molecule has 0 saturated heterocycles. The molecule has 0 N–H and O–H groups in total. The molecule has 0 bridgehead atoms. The molecule has 0 aliphatic rings. The van der Waals surface area contributed by atoms with Crippen LogP contribution in [0.1, 0.15) is 23.7 Å². The highest BCUT2D eigenvalue weighted by Gasteiger charge is 2.07. The molecule has 13 heavy (non-hydrogen) atoms. The van der Waals surface area contributed by atoms with E-state index in [1.165, 1.54) is 24.3 Å². The topological polar surface area (TPSA) is 40.9 Å². The van der Waals surface area contributed by atoms with Gasteiger partial charge in [-0.25, -0.2) is 4.39 Å². The molecular weight excluding hydrogens is 169 g/mol. The van der Waals surface area contributed by atoms with Gasteiger partial charge in [0.05, 0.1) is 11.6 Å². The van der Waals surface area contributed by atoms with Gasteiger partial charge in [0.1, 0.15) is 12.5 Å². The second-order valence-electron chi connectivity index (χ2n) is 2.60. The van der Waals surface area contributed by atoms with Crippen LogP contribution in [-0.2, 0) is 4.79 Å². The van der Waals surface area contributed by atoms with Crippen LogP contribution in [0.2, 0.25) is 0 Å². The lowest BCUT2D eigenvalue weighted by molar-refractivity contribution is -0.108. The molecule has 1 rings (SSSR count). The van der Waals surface area contributed by atoms with Crippen molar-refractivity contribution in [1.82, 2.24) is 0 Å². The molecule has 0 aliphatic carbocycles. The number of aldehydes is 1. The lowest BCUT2D eigenvalue weighted by Gasteiger charge is -2.03. The number of rotatable bonds is 3. The number of benzene rings is 1. The molecule has 0 fully saturated rings. The Labute approximate surface area is 75.6 Å². The van der Waals surface area contributed by atoms with Crippen molar-refractivity contribution in [3.8, 4) is 6.07 Å². The number of nitrogens with zero attached hydrogens (tertiary/aromatic N) is 1. The number of alkyl halides is 1. The Hall–Kier alpha value is -1.69. The standard InChI is InChI=1S/C10H8FNO/c11-10(5-6-13)9-3-1-8(7-12)2-4-9/h1-4,6,10H,5H2. The molecule has 0 aliphatic heterocycles. The fraction of sp³-hybridized carbons (Fsp3) is 0.200. The van der Waals surface area contributed by atoms with Gasteiger partial charge in [0, 0.05) is 6.42 Å².